The molecule has 38 heavy (non-hydrogen) atoms. The zero-order valence-corrected chi connectivity index (χ0v) is 22.2. The number of aromatic nitrogens is 1. The van der Waals surface area contributed by atoms with Crippen LogP contribution in [0.25, 0.3) is 62.2 Å². The summed E-state index contributed by atoms with van der Waals surface area (Å²) in [5.41, 5.74) is 11.7. The third-order valence-electron chi connectivity index (χ3n) is 7.50. The van der Waals surface area contributed by atoms with E-state index >= 15 is 0 Å². The average molecular weight is 494 g/mol. The lowest BCUT2D eigenvalue weighted by molar-refractivity contribution is 0.669. The van der Waals surface area contributed by atoms with E-state index in [0.717, 1.165) is 28.4 Å². The van der Waals surface area contributed by atoms with Crippen LogP contribution in [0.5, 0.6) is 0 Å². The molecule has 0 N–H and O–H groups in total. The van der Waals surface area contributed by atoms with Crippen LogP contribution in [0.15, 0.2) is 102 Å². The van der Waals surface area contributed by atoms with Crippen LogP contribution in [-0.2, 0) is 13.5 Å². The molecule has 2 aromatic heterocycles. The Morgan fingerprint density at radius 1 is 0.763 bits per heavy atom. The summed E-state index contributed by atoms with van der Waals surface area (Å²) >= 11 is 0. The Labute approximate surface area is 223 Å². The topological polar surface area (TPSA) is 18.1 Å². The van der Waals surface area contributed by atoms with Crippen LogP contribution < -0.4 is 0 Å². The highest BCUT2D eigenvalue weighted by Crippen LogP contribution is 2.36. The molecule has 0 saturated heterocycles. The van der Waals surface area contributed by atoms with Gasteiger partial charge in [-0.25, -0.2) is 0 Å². The zero-order valence-electron chi connectivity index (χ0n) is 22.2. The number of hydrogen-bond acceptors (Lipinski definition) is 1. The molecule has 0 aliphatic rings. The Hall–Kier alpha value is -4.56. The molecule has 2 heterocycles. The highest BCUT2D eigenvalue weighted by Gasteiger charge is 2.18. The number of para-hydroxylation sites is 1. The number of rotatable bonds is 6. The average Bonchev–Trinajstić information content (AvgIpc) is 3.44. The molecule has 0 aliphatic heterocycles. The Bertz CT molecular complexity index is 1890. The van der Waals surface area contributed by atoms with Crippen molar-refractivity contribution < 1.29 is 4.42 Å². The van der Waals surface area contributed by atoms with E-state index in [1.165, 1.54) is 50.0 Å². The van der Waals surface area contributed by atoms with Crippen LogP contribution in [0.3, 0.4) is 0 Å². The fourth-order valence-corrected chi connectivity index (χ4v) is 5.72. The Balaban J connectivity index is 1.45. The second-order valence-corrected chi connectivity index (χ2v) is 9.77. The minimum Gasteiger partial charge on any atom is -0.456 e. The maximum Gasteiger partial charge on any atom is 0.135 e. The van der Waals surface area contributed by atoms with Gasteiger partial charge in [0.1, 0.15) is 11.2 Å². The summed E-state index contributed by atoms with van der Waals surface area (Å²) in [4.78, 5) is 0. The van der Waals surface area contributed by atoms with Crippen LogP contribution in [0.1, 0.15) is 41.8 Å². The number of benzene rings is 4. The smallest absolute Gasteiger partial charge is 0.135 e. The molecule has 6 rings (SSSR count). The van der Waals surface area contributed by atoms with Gasteiger partial charge in [0.2, 0.25) is 0 Å². The van der Waals surface area contributed by atoms with Gasteiger partial charge in [-0.1, -0.05) is 91.6 Å². The molecule has 4 aromatic carbocycles. The van der Waals surface area contributed by atoms with Gasteiger partial charge in [-0.05, 0) is 65.9 Å². The van der Waals surface area contributed by atoms with Gasteiger partial charge in [0.15, 0.2) is 0 Å². The Morgan fingerprint density at radius 2 is 1.55 bits per heavy atom. The molecule has 0 radical (unpaired) electrons. The first-order valence-corrected chi connectivity index (χ1v) is 13.2. The van der Waals surface area contributed by atoms with E-state index in [-0.39, 0.29) is 0 Å². The molecule has 0 saturated carbocycles. The maximum atomic E-state index is 6.05. The number of allylic oxidation sites excluding steroid dienone is 2. The monoisotopic (exact) mass is 493 g/mol. The summed E-state index contributed by atoms with van der Waals surface area (Å²) in [5, 5.41) is 3.57. The molecule has 2 nitrogen and oxygen atoms in total. The Morgan fingerprint density at radius 3 is 2.37 bits per heavy atom. The number of furan rings is 1. The van der Waals surface area contributed by atoms with Gasteiger partial charge in [0.05, 0.1) is 0 Å². The van der Waals surface area contributed by atoms with Gasteiger partial charge in [-0.3, -0.25) is 0 Å². The minimum absolute atomic E-state index is 0.838. The van der Waals surface area contributed by atoms with Gasteiger partial charge in [-0.2, -0.15) is 0 Å². The Kier molecular flexibility index (Phi) is 6.09. The first-order chi connectivity index (χ1) is 18.6. The first-order valence-electron chi connectivity index (χ1n) is 13.2. The predicted molar refractivity (Wildman–Crippen MR) is 164 cm³/mol. The zero-order chi connectivity index (χ0) is 26.2. The van der Waals surface area contributed by atoms with E-state index in [9.17, 15) is 0 Å². The van der Waals surface area contributed by atoms with E-state index in [4.69, 9.17) is 4.42 Å². The summed E-state index contributed by atoms with van der Waals surface area (Å²) in [6.45, 7) is 8.30. The van der Waals surface area contributed by atoms with Crippen LogP contribution in [0.4, 0.5) is 0 Å². The molecule has 0 unspecified atom stereocenters. The van der Waals surface area contributed by atoms with Crippen LogP contribution in [-0.4, -0.2) is 4.57 Å². The lowest BCUT2D eigenvalue weighted by Gasteiger charge is -2.09. The molecule has 0 atom stereocenters. The molecular weight excluding hydrogens is 462 g/mol. The third-order valence-corrected chi connectivity index (χ3v) is 7.50. The molecular formula is C36H31NO. The summed E-state index contributed by atoms with van der Waals surface area (Å²) in [6, 6.07) is 28.1. The van der Waals surface area contributed by atoms with Crippen molar-refractivity contribution in [2.45, 2.75) is 20.3 Å². The van der Waals surface area contributed by atoms with Crippen molar-refractivity contribution in [2.24, 2.45) is 7.05 Å². The molecule has 0 amide bonds. The van der Waals surface area contributed by atoms with Gasteiger partial charge in [0.25, 0.3) is 0 Å². The first kappa shape index (κ1) is 23.8. The van der Waals surface area contributed by atoms with Crippen molar-refractivity contribution in [2.75, 3.05) is 0 Å². The van der Waals surface area contributed by atoms with Crippen molar-refractivity contribution >= 4 is 51.1 Å². The lowest BCUT2D eigenvalue weighted by atomic mass is 9.96. The summed E-state index contributed by atoms with van der Waals surface area (Å²) < 4.78 is 8.39. The van der Waals surface area contributed by atoms with Crippen molar-refractivity contribution in [3.8, 4) is 11.1 Å². The van der Waals surface area contributed by atoms with Crippen molar-refractivity contribution in [3.63, 3.8) is 0 Å². The predicted octanol–water partition coefficient (Wildman–Crippen LogP) is 10.0. The van der Waals surface area contributed by atoms with Crippen molar-refractivity contribution in [3.05, 3.63) is 126 Å². The van der Waals surface area contributed by atoms with E-state index in [1.54, 1.807) is 0 Å². The lowest BCUT2D eigenvalue weighted by Crippen LogP contribution is -1.99. The summed E-state index contributed by atoms with van der Waals surface area (Å²) in [6.07, 6.45) is 11.4. The fraction of sp³-hybridized carbons (Fsp3) is 0.111. The van der Waals surface area contributed by atoms with Crippen molar-refractivity contribution in [1.82, 2.24) is 4.57 Å². The molecule has 6 aromatic rings. The molecule has 0 fully saturated rings. The number of hydrogen-bond donors (Lipinski definition) is 0. The quantitative estimate of drug-likeness (QED) is 0.226. The SMILES string of the molecule is C=Cc1c(/C=C\C)ccc2c1c(/C=C\C)c(Cc1cccc(-c3ccc4oc5ccccc5c4c3)c1)n2C. The van der Waals surface area contributed by atoms with Gasteiger partial charge in [0, 0.05) is 46.4 Å². The number of aryl methyl sites for hydroxylation is 1. The van der Waals surface area contributed by atoms with Gasteiger partial charge in [-0.15, -0.1) is 0 Å². The molecule has 0 spiro atoms. The van der Waals surface area contributed by atoms with Crippen LogP contribution in [0.2, 0.25) is 0 Å². The van der Waals surface area contributed by atoms with Gasteiger partial charge >= 0.3 is 0 Å². The van der Waals surface area contributed by atoms with E-state index in [2.05, 4.69) is 123 Å². The molecule has 186 valence electrons. The standard InChI is InChI=1S/C36H31NO/c1-5-11-25-17-19-32-36(28(25)7-3)30(12-6-2)33(37(32)4)22-24-13-10-14-26(21-24)27-18-20-35-31(23-27)29-15-8-9-16-34(29)38-35/h5-21,23H,3,22H2,1-2,4H3/b11-5-,12-6-. The summed E-state index contributed by atoms with van der Waals surface area (Å²) in [7, 11) is 2.18. The van der Waals surface area contributed by atoms with Crippen LogP contribution >= 0.6 is 0 Å². The molecule has 2 heteroatoms. The largest absolute Gasteiger partial charge is 0.456 e. The number of fused-ring (bicyclic) bond motifs is 4. The second-order valence-electron chi connectivity index (χ2n) is 9.77. The highest BCUT2D eigenvalue weighted by atomic mass is 16.3. The highest BCUT2D eigenvalue weighted by molar-refractivity contribution is 6.06. The second kappa shape index (κ2) is 9.72. The van der Waals surface area contributed by atoms with E-state index in [1.807, 2.05) is 18.2 Å². The normalized spacial score (nSPS) is 12.1. The van der Waals surface area contributed by atoms with E-state index < -0.39 is 0 Å². The fourth-order valence-electron chi connectivity index (χ4n) is 5.72. The van der Waals surface area contributed by atoms with E-state index in [0.29, 0.717) is 0 Å². The molecule has 0 bridgehead atoms. The third kappa shape index (κ3) is 3.90. The van der Waals surface area contributed by atoms with Crippen molar-refractivity contribution in [1.29, 1.82) is 0 Å². The maximum absolute atomic E-state index is 6.05. The molecule has 0 aliphatic carbocycles. The minimum atomic E-state index is 0.838. The summed E-state index contributed by atoms with van der Waals surface area (Å²) in [5.74, 6) is 0. The number of nitrogens with zero attached hydrogens (tertiary/aromatic N) is 1. The van der Waals surface area contributed by atoms with Gasteiger partial charge < -0.3 is 8.98 Å². The van der Waals surface area contributed by atoms with Crippen LogP contribution in [0, 0.1) is 0 Å².